The Kier molecular flexibility index (Phi) is 9.00. The fourth-order valence-corrected chi connectivity index (χ4v) is 4.66. The molecular weight excluding hydrogens is 415 g/mol. The zero-order valence-corrected chi connectivity index (χ0v) is 16.5. The number of aliphatic imine (C=N–C) groups is 1. The molecule has 1 atom stereocenters. The number of hydrogen-bond donors (Lipinski definition) is 2. The van der Waals surface area contributed by atoms with Gasteiger partial charge in [0.25, 0.3) is 0 Å². The van der Waals surface area contributed by atoms with Gasteiger partial charge in [-0.05, 0) is 32.4 Å². The Morgan fingerprint density at radius 3 is 2.45 bits per heavy atom. The third-order valence-electron chi connectivity index (χ3n) is 4.22. The van der Waals surface area contributed by atoms with Crippen LogP contribution in [0.25, 0.3) is 0 Å². The molecule has 0 amide bonds. The Morgan fingerprint density at radius 2 is 1.91 bits per heavy atom. The van der Waals surface area contributed by atoms with Gasteiger partial charge in [-0.25, -0.2) is 8.42 Å². The fourth-order valence-electron chi connectivity index (χ4n) is 2.99. The van der Waals surface area contributed by atoms with Gasteiger partial charge < -0.3 is 15.5 Å². The predicted octanol–water partition coefficient (Wildman–Crippen LogP) is 0.833. The van der Waals surface area contributed by atoms with Crippen molar-refractivity contribution in [2.24, 2.45) is 4.99 Å². The molecule has 130 valence electrons. The van der Waals surface area contributed by atoms with Crippen LogP contribution < -0.4 is 10.6 Å². The maximum Gasteiger partial charge on any atom is 0.191 e. The van der Waals surface area contributed by atoms with Crippen molar-refractivity contribution in [1.29, 1.82) is 0 Å². The molecule has 0 aliphatic carbocycles. The van der Waals surface area contributed by atoms with Gasteiger partial charge in [-0.2, -0.15) is 0 Å². The second-order valence-electron chi connectivity index (χ2n) is 6.00. The van der Waals surface area contributed by atoms with E-state index in [1.165, 1.54) is 38.8 Å². The summed E-state index contributed by atoms with van der Waals surface area (Å²) in [6, 6.07) is -0.000568. The van der Waals surface area contributed by atoms with E-state index in [0.717, 1.165) is 13.1 Å². The average Bonchev–Trinajstić information content (AvgIpc) is 2.66. The molecule has 2 N–H and O–H groups in total. The zero-order valence-electron chi connectivity index (χ0n) is 13.4. The normalized spacial score (nSPS) is 26.0. The van der Waals surface area contributed by atoms with Gasteiger partial charge in [-0.1, -0.05) is 12.8 Å². The maximum atomic E-state index is 11.5. The molecule has 0 aromatic heterocycles. The van der Waals surface area contributed by atoms with Crippen LogP contribution >= 0.6 is 24.0 Å². The molecule has 6 nitrogen and oxygen atoms in total. The molecule has 0 radical (unpaired) electrons. The molecule has 8 heteroatoms. The quantitative estimate of drug-likeness (QED) is 0.382. The molecule has 2 aliphatic rings. The topological polar surface area (TPSA) is 73.8 Å². The SMILES string of the molecule is CN=C(NCCN1CCCCCC1)NC1CCS(=O)(=O)C1.I. The summed E-state index contributed by atoms with van der Waals surface area (Å²) >= 11 is 0. The van der Waals surface area contributed by atoms with Gasteiger partial charge in [-0.3, -0.25) is 4.99 Å². The van der Waals surface area contributed by atoms with Crippen LogP contribution in [0.2, 0.25) is 0 Å². The third kappa shape index (κ3) is 6.99. The smallest absolute Gasteiger partial charge is 0.191 e. The van der Waals surface area contributed by atoms with Crippen molar-refractivity contribution >= 4 is 39.8 Å². The van der Waals surface area contributed by atoms with Crippen LogP contribution in [0, 0.1) is 0 Å². The van der Waals surface area contributed by atoms with Gasteiger partial charge in [0.05, 0.1) is 11.5 Å². The van der Waals surface area contributed by atoms with Crippen LogP contribution in [0.15, 0.2) is 4.99 Å². The van der Waals surface area contributed by atoms with Gasteiger partial charge in [0, 0.05) is 26.2 Å². The molecule has 0 bridgehead atoms. The van der Waals surface area contributed by atoms with E-state index in [4.69, 9.17) is 0 Å². The summed E-state index contributed by atoms with van der Waals surface area (Å²) in [6.07, 6.45) is 5.97. The van der Waals surface area contributed by atoms with E-state index in [9.17, 15) is 8.42 Å². The van der Waals surface area contributed by atoms with Gasteiger partial charge in [0.15, 0.2) is 15.8 Å². The van der Waals surface area contributed by atoms with Crippen LogP contribution in [0.1, 0.15) is 32.1 Å². The number of guanidine groups is 1. The maximum absolute atomic E-state index is 11.5. The average molecular weight is 444 g/mol. The molecule has 2 aliphatic heterocycles. The molecule has 0 saturated carbocycles. The van der Waals surface area contributed by atoms with Crippen molar-refractivity contribution in [3.05, 3.63) is 0 Å². The lowest BCUT2D eigenvalue weighted by Crippen LogP contribution is -2.46. The molecule has 0 aromatic rings. The summed E-state index contributed by atoms with van der Waals surface area (Å²) < 4.78 is 22.9. The van der Waals surface area contributed by atoms with Gasteiger partial charge in [0.2, 0.25) is 0 Å². The molecule has 0 spiro atoms. The van der Waals surface area contributed by atoms with E-state index >= 15 is 0 Å². The standard InChI is InChI=1S/C14H28N4O2S.HI/c1-15-14(17-13-6-11-21(19,20)12-13)16-7-10-18-8-4-2-3-5-9-18;/h13H,2-12H2,1H3,(H2,15,16,17);1H. The molecule has 22 heavy (non-hydrogen) atoms. The van der Waals surface area contributed by atoms with E-state index in [2.05, 4.69) is 20.5 Å². The second-order valence-corrected chi connectivity index (χ2v) is 8.23. The molecule has 2 rings (SSSR count). The zero-order chi connectivity index (χ0) is 15.1. The van der Waals surface area contributed by atoms with E-state index < -0.39 is 9.84 Å². The van der Waals surface area contributed by atoms with Gasteiger partial charge >= 0.3 is 0 Å². The van der Waals surface area contributed by atoms with Gasteiger partial charge in [0.1, 0.15) is 0 Å². The van der Waals surface area contributed by atoms with E-state index in [1.54, 1.807) is 7.05 Å². The summed E-state index contributed by atoms with van der Waals surface area (Å²) in [7, 11) is -1.12. The van der Waals surface area contributed by atoms with E-state index in [-0.39, 0.29) is 41.5 Å². The Hall–Kier alpha value is -0.0900. The summed E-state index contributed by atoms with van der Waals surface area (Å²) in [5.74, 6) is 1.22. The molecule has 2 saturated heterocycles. The summed E-state index contributed by atoms with van der Waals surface area (Å²) in [6.45, 7) is 4.24. The highest BCUT2D eigenvalue weighted by atomic mass is 127. The number of rotatable bonds is 4. The van der Waals surface area contributed by atoms with Crippen molar-refractivity contribution in [1.82, 2.24) is 15.5 Å². The minimum Gasteiger partial charge on any atom is -0.355 e. The predicted molar refractivity (Wildman–Crippen MR) is 102 cm³/mol. The first-order chi connectivity index (χ1) is 10.1. The van der Waals surface area contributed by atoms with Crippen LogP contribution in [-0.4, -0.2) is 70.1 Å². The minimum atomic E-state index is -2.84. The lowest BCUT2D eigenvalue weighted by Gasteiger charge is -2.21. The minimum absolute atomic E-state index is 0. The van der Waals surface area contributed by atoms with Crippen LogP contribution in [0.5, 0.6) is 0 Å². The molecule has 2 heterocycles. The number of halogens is 1. The Labute approximate surface area is 151 Å². The van der Waals surface area contributed by atoms with Crippen LogP contribution in [0.3, 0.4) is 0 Å². The third-order valence-corrected chi connectivity index (χ3v) is 5.98. The van der Waals surface area contributed by atoms with Crippen LogP contribution in [-0.2, 0) is 9.84 Å². The number of sulfone groups is 1. The van der Waals surface area contributed by atoms with E-state index in [0.29, 0.717) is 12.4 Å². The Morgan fingerprint density at radius 1 is 1.23 bits per heavy atom. The summed E-state index contributed by atoms with van der Waals surface area (Å²) in [5, 5.41) is 6.51. The number of hydrogen-bond acceptors (Lipinski definition) is 4. The fraction of sp³-hybridized carbons (Fsp3) is 0.929. The largest absolute Gasteiger partial charge is 0.355 e. The summed E-state index contributed by atoms with van der Waals surface area (Å²) in [5.41, 5.74) is 0. The highest BCUT2D eigenvalue weighted by molar-refractivity contribution is 14.0. The number of nitrogens with one attached hydrogen (secondary N) is 2. The number of likely N-dealkylation sites (tertiary alicyclic amines) is 1. The first kappa shape index (κ1) is 20.0. The Bertz CT molecular complexity index is 448. The molecular formula is C14H29IN4O2S. The molecule has 1 unspecified atom stereocenters. The molecule has 2 fully saturated rings. The lowest BCUT2D eigenvalue weighted by atomic mass is 10.2. The second kappa shape index (κ2) is 9.92. The van der Waals surface area contributed by atoms with Crippen molar-refractivity contribution < 1.29 is 8.42 Å². The van der Waals surface area contributed by atoms with Crippen molar-refractivity contribution in [2.45, 2.75) is 38.1 Å². The Balaban J connectivity index is 0.00000242. The first-order valence-corrected chi connectivity index (χ1v) is 9.81. The van der Waals surface area contributed by atoms with Gasteiger partial charge in [-0.15, -0.1) is 24.0 Å². The van der Waals surface area contributed by atoms with Crippen molar-refractivity contribution in [3.63, 3.8) is 0 Å². The highest BCUT2D eigenvalue weighted by Crippen LogP contribution is 2.11. The van der Waals surface area contributed by atoms with E-state index in [1.807, 2.05) is 0 Å². The monoisotopic (exact) mass is 444 g/mol. The van der Waals surface area contributed by atoms with Crippen molar-refractivity contribution in [2.75, 3.05) is 44.7 Å². The molecule has 0 aromatic carbocycles. The first-order valence-electron chi connectivity index (χ1n) is 7.99. The van der Waals surface area contributed by atoms with Crippen LogP contribution in [0.4, 0.5) is 0 Å². The highest BCUT2D eigenvalue weighted by Gasteiger charge is 2.28. The van der Waals surface area contributed by atoms with Crippen molar-refractivity contribution in [3.8, 4) is 0 Å². The lowest BCUT2D eigenvalue weighted by molar-refractivity contribution is 0.289. The summed E-state index contributed by atoms with van der Waals surface area (Å²) in [4.78, 5) is 6.67. The number of nitrogens with zero attached hydrogens (tertiary/aromatic N) is 2.